The summed E-state index contributed by atoms with van der Waals surface area (Å²) in [4.78, 5) is 13.2. The summed E-state index contributed by atoms with van der Waals surface area (Å²) >= 11 is 1.76. The van der Waals surface area contributed by atoms with Crippen LogP contribution in [0, 0.1) is 0 Å². The Morgan fingerprint density at radius 2 is 1.88 bits per heavy atom. The van der Waals surface area contributed by atoms with Crippen molar-refractivity contribution in [2.45, 2.75) is 26.2 Å². The van der Waals surface area contributed by atoms with Gasteiger partial charge in [-0.15, -0.1) is 11.3 Å². The van der Waals surface area contributed by atoms with Crippen LogP contribution in [0.25, 0.3) is 37.8 Å². The predicted octanol–water partition coefficient (Wildman–Crippen LogP) is 6.87. The van der Waals surface area contributed by atoms with E-state index in [2.05, 4.69) is 94.9 Å². The number of anilines is 1. The smallest absolute Gasteiger partial charge is 0.152 e. The first-order valence-electron chi connectivity index (χ1n) is 11.3. The van der Waals surface area contributed by atoms with Crippen molar-refractivity contribution < 1.29 is 0 Å². The quantitative estimate of drug-likeness (QED) is 0.290. The number of aromatic amines is 1. The molecule has 6 rings (SSSR count). The summed E-state index contributed by atoms with van der Waals surface area (Å²) in [6.45, 7) is 5.15. The Bertz CT molecular complexity index is 1590. The number of benzene rings is 2. The number of hydrogen-bond acceptors (Lipinski definition) is 4. The zero-order chi connectivity index (χ0) is 22.4. The number of fused-ring (bicyclic) bond motifs is 3. The lowest BCUT2D eigenvalue weighted by atomic mass is 10.1. The van der Waals surface area contributed by atoms with E-state index >= 15 is 0 Å². The van der Waals surface area contributed by atoms with E-state index < -0.39 is 0 Å². The lowest BCUT2D eigenvalue weighted by Crippen LogP contribution is -2.09. The first-order valence-corrected chi connectivity index (χ1v) is 12.2. The van der Waals surface area contributed by atoms with Gasteiger partial charge in [0.05, 0.1) is 11.9 Å². The molecule has 0 atom stereocenters. The number of H-pyrrole nitrogens is 1. The third-order valence-electron chi connectivity index (χ3n) is 6.19. The lowest BCUT2D eigenvalue weighted by molar-refractivity contribution is 0.769. The molecular formula is C27H25N5S. The van der Waals surface area contributed by atoms with Crippen molar-refractivity contribution >= 4 is 43.7 Å². The molecular weight excluding hydrogens is 426 g/mol. The minimum Gasteiger partial charge on any atom is -0.368 e. The van der Waals surface area contributed by atoms with Crippen LogP contribution in [0.15, 0.2) is 72.5 Å². The molecule has 5 nitrogen and oxygen atoms in total. The highest BCUT2D eigenvalue weighted by Crippen LogP contribution is 2.34. The van der Waals surface area contributed by atoms with Gasteiger partial charge in [0.1, 0.15) is 11.3 Å². The predicted molar refractivity (Wildman–Crippen MR) is 138 cm³/mol. The number of imidazole rings is 1. The van der Waals surface area contributed by atoms with Crippen molar-refractivity contribution in [2.75, 3.05) is 11.9 Å². The lowest BCUT2D eigenvalue weighted by Gasteiger charge is -2.12. The largest absolute Gasteiger partial charge is 0.368 e. The monoisotopic (exact) mass is 451 g/mol. The number of nitrogens with one attached hydrogen (secondary N) is 2. The van der Waals surface area contributed by atoms with E-state index in [4.69, 9.17) is 9.97 Å². The Kier molecular flexibility index (Phi) is 4.88. The fraction of sp³-hybridized carbons (Fsp3) is 0.185. The summed E-state index contributed by atoms with van der Waals surface area (Å²) in [5, 5.41) is 8.34. The first kappa shape index (κ1) is 20.0. The Balaban J connectivity index is 1.38. The first-order chi connectivity index (χ1) is 16.2. The zero-order valence-electron chi connectivity index (χ0n) is 18.7. The molecule has 0 aliphatic rings. The van der Waals surface area contributed by atoms with Gasteiger partial charge < -0.3 is 10.3 Å². The van der Waals surface area contributed by atoms with Crippen LogP contribution in [0.2, 0.25) is 0 Å². The molecule has 0 bridgehead atoms. The van der Waals surface area contributed by atoms with Gasteiger partial charge in [-0.25, -0.2) is 9.97 Å². The van der Waals surface area contributed by atoms with Crippen molar-refractivity contribution in [2.24, 2.45) is 0 Å². The van der Waals surface area contributed by atoms with Crippen LogP contribution >= 0.6 is 11.3 Å². The van der Waals surface area contributed by atoms with Gasteiger partial charge in [-0.2, -0.15) is 0 Å². The molecule has 0 saturated carbocycles. The third-order valence-corrected chi connectivity index (χ3v) is 7.15. The summed E-state index contributed by atoms with van der Waals surface area (Å²) in [6.07, 6.45) is 7.09. The molecule has 2 aromatic carbocycles. The van der Waals surface area contributed by atoms with E-state index in [1.54, 1.807) is 11.3 Å². The maximum atomic E-state index is 5.07. The van der Waals surface area contributed by atoms with Crippen LogP contribution in [0.3, 0.4) is 0 Å². The van der Waals surface area contributed by atoms with Crippen molar-refractivity contribution in [3.05, 3.63) is 83.9 Å². The molecule has 0 aliphatic heterocycles. The molecule has 0 aliphatic carbocycles. The fourth-order valence-electron chi connectivity index (χ4n) is 4.53. The minimum atomic E-state index is 0.320. The van der Waals surface area contributed by atoms with Gasteiger partial charge in [0.2, 0.25) is 0 Å². The second-order valence-corrected chi connectivity index (χ2v) is 9.59. The number of para-hydroxylation sites is 1. The van der Waals surface area contributed by atoms with Crippen LogP contribution < -0.4 is 5.32 Å². The molecule has 0 amide bonds. The Hall–Kier alpha value is -3.64. The Morgan fingerprint density at radius 3 is 2.76 bits per heavy atom. The van der Waals surface area contributed by atoms with Crippen LogP contribution in [0.1, 0.15) is 31.2 Å². The topological polar surface area (TPSA) is 58.0 Å². The highest BCUT2D eigenvalue weighted by molar-refractivity contribution is 7.17. The normalized spacial score (nSPS) is 11.8. The van der Waals surface area contributed by atoms with Crippen molar-refractivity contribution in [3.63, 3.8) is 0 Å². The molecule has 0 saturated heterocycles. The molecule has 0 unspecified atom stereocenters. The summed E-state index contributed by atoms with van der Waals surface area (Å²) in [6, 6.07) is 17.0. The highest BCUT2D eigenvalue weighted by Gasteiger charge is 2.16. The van der Waals surface area contributed by atoms with Crippen molar-refractivity contribution in [1.29, 1.82) is 0 Å². The van der Waals surface area contributed by atoms with E-state index in [1.165, 1.54) is 32.1 Å². The van der Waals surface area contributed by atoms with E-state index in [-0.39, 0.29) is 0 Å². The molecule has 164 valence electrons. The molecule has 0 radical (unpaired) electrons. The van der Waals surface area contributed by atoms with Gasteiger partial charge in [0, 0.05) is 56.8 Å². The summed E-state index contributed by atoms with van der Waals surface area (Å²) in [7, 11) is 0. The van der Waals surface area contributed by atoms with Crippen LogP contribution in [-0.2, 0) is 6.42 Å². The highest BCUT2D eigenvalue weighted by atomic mass is 32.1. The zero-order valence-corrected chi connectivity index (χ0v) is 19.5. The summed E-state index contributed by atoms with van der Waals surface area (Å²) in [5.41, 5.74) is 5.64. The fourth-order valence-corrected chi connectivity index (χ4v) is 5.49. The number of rotatable bonds is 6. The molecule has 0 spiro atoms. The van der Waals surface area contributed by atoms with E-state index in [9.17, 15) is 0 Å². The Morgan fingerprint density at radius 1 is 1.06 bits per heavy atom. The maximum absolute atomic E-state index is 5.07. The second kappa shape index (κ2) is 8.05. The number of aromatic nitrogens is 4. The minimum absolute atomic E-state index is 0.320. The molecule has 6 aromatic rings. The van der Waals surface area contributed by atoms with Crippen LogP contribution in [0.5, 0.6) is 0 Å². The van der Waals surface area contributed by atoms with Gasteiger partial charge in [-0.05, 0) is 24.1 Å². The molecule has 6 heteroatoms. The van der Waals surface area contributed by atoms with E-state index in [0.29, 0.717) is 5.92 Å². The molecule has 0 fully saturated rings. The van der Waals surface area contributed by atoms with E-state index in [0.717, 1.165) is 35.8 Å². The van der Waals surface area contributed by atoms with Gasteiger partial charge in [-0.1, -0.05) is 50.2 Å². The van der Waals surface area contributed by atoms with Crippen molar-refractivity contribution in [1.82, 2.24) is 19.4 Å². The van der Waals surface area contributed by atoms with E-state index in [1.807, 2.05) is 6.20 Å². The van der Waals surface area contributed by atoms with Crippen molar-refractivity contribution in [3.8, 4) is 11.3 Å². The maximum Gasteiger partial charge on any atom is 0.152 e. The van der Waals surface area contributed by atoms with Gasteiger partial charge in [0.25, 0.3) is 0 Å². The SMILES string of the molecule is CC(C)c1ncc2c(NCCc3c[nH]c4ccccc34)nc(-c3csc4ccccc34)cn12. The number of hydrogen-bond donors (Lipinski definition) is 2. The summed E-state index contributed by atoms with van der Waals surface area (Å²) in [5.74, 6) is 2.25. The van der Waals surface area contributed by atoms with Gasteiger partial charge >= 0.3 is 0 Å². The second-order valence-electron chi connectivity index (χ2n) is 8.68. The van der Waals surface area contributed by atoms with Crippen LogP contribution in [-0.4, -0.2) is 25.9 Å². The van der Waals surface area contributed by atoms with Crippen LogP contribution in [0.4, 0.5) is 5.82 Å². The number of thiophene rings is 1. The summed E-state index contributed by atoms with van der Waals surface area (Å²) < 4.78 is 3.48. The standard InChI is InChI=1S/C27H25N5S/c1-17(2)27-30-14-24-26(28-12-11-18-13-29-22-9-5-3-7-19(18)22)31-23(15-32(24)27)21-16-33-25-10-6-4-8-20(21)25/h3-10,13-17,29H,11-12H2,1-2H3,(H,28,31). The molecule has 4 heterocycles. The molecule has 33 heavy (non-hydrogen) atoms. The molecule has 2 N–H and O–H groups in total. The average molecular weight is 452 g/mol. The molecule has 4 aromatic heterocycles. The van der Waals surface area contributed by atoms with Gasteiger partial charge in [0.15, 0.2) is 5.82 Å². The average Bonchev–Trinajstić information content (AvgIpc) is 3.55. The third kappa shape index (κ3) is 3.47. The Labute approximate surface area is 196 Å². The number of nitrogens with zero attached hydrogens (tertiary/aromatic N) is 3. The van der Waals surface area contributed by atoms with Gasteiger partial charge in [-0.3, -0.25) is 4.40 Å².